The Morgan fingerprint density at radius 1 is 1.19 bits per heavy atom. The Morgan fingerprint density at radius 2 is 1.95 bits per heavy atom. The van der Waals surface area contributed by atoms with E-state index in [1.165, 1.54) is 17.7 Å². The molecule has 3 rings (SSSR count). The highest BCUT2D eigenvalue weighted by Gasteiger charge is 2.24. The minimum atomic E-state index is 0.475. The molecule has 0 aromatic heterocycles. The third kappa shape index (κ3) is 2.93. The Labute approximate surface area is 131 Å². The molecule has 1 saturated heterocycles. The maximum atomic E-state index is 5.73. The molecule has 2 aromatic rings. The number of nitrogens with two attached hydrogens (primary N) is 1. The van der Waals surface area contributed by atoms with Crippen LogP contribution in [0.5, 0.6) is 0 Å². The van der Waals surface area contributed by atoms with Gasteiger partial charge in [0.25, 0.3) is 0 Å². The number of rotatable bonds is 3. The van der Waals surface area contributed by atoms with E-state index < -0.39 is 0 Å². The van der Waals surface area contributed by atoms with Crippen LogP contribution in [0.1, 0.15) is 29.0 Å². The van der Waals surface area contributed by atoms with Crippen LogP contribution < -0.4 is 10.6 Å². The van der Waals surface area contributed by atoms with Crippen molar-refractivity contribution in [3.05, 3.63) is 65.2 Å². The van der Waals surface area contributed by atoms with E-state index in [1.807, 2.05) is 6.07 Å². The molecule has 1 unspecified atom stereocenters. The fraction of sp³-hybridized carbons (Fsp3) is 0.278. The van der Waals surface area contributed by atoms with Crippen molar-refractivity contribution in [2.24, 2.45) is 5.73 Å². The Hall–Kier alpha value is -1.87. The first-order chi connectivity index (χ1) is 10.1. The first-order valence-corrected chi connectivity index (χ1v) is 7.76. The minimum Gasteiger partial charge on any atom is -0.389 e. The number of hydrogen-bond acceptors (Lipinski definition) is 2. The summed E-state index contributed by atoms with van der Waals surface area (Å²) in [5.41, 5.74) is 10.6. The summed E-state index contributed by atoms with van der Waals surface area (Å²) in [4.78, 5) is 2.93. The minimum absolute atomic E-state index is 0.475. The fourth-order valence-electron chi connectivity index (χ4n) is 3.11. The van der Waals surface area contributed by atoms with Gasteiger partial charge in [0, 0.05) is 30.3 Å². The molecular weight excluding hydrogens is 276 g/mol. The third-order valence-electron chi connectivity index (χ3n) is 4.30. The quantitative estimate of drug-likeness (QED) is 0.877. The Bertz CT molecular complexity index is 652. The zero-order valence-corrected chi connectivity index (χ0v) is 13.1. The van der Waals surface area contributed by atoms with Gasteiger partial charge in [-0.2, -0.15) is 0 Å². The maximum Gasteiger partial charge on any atom is 0.104 e. The van der Waals surface area contributed by atoms with Crippen molar-refractivity contribution < 1.29 is 0 Å². The first-order valence-electron chi connectivity index (χ1n) is 7.35. The van der Waals surface area contributed by atoms with E-state index in [0.717, 1.165) is 24.2 Å². The summed E-state index contributed by atoms with van der Waals surface area (Å²) in [6.45, 7) is 4.25. The third-order valence-corrected chi connectivity index (χ3v) is 4.52. The molecule has 1 fully saturated rings. The molecule has 0 spiro atoms. The number of benzene rings is 2. The Morgan fingerprint density at radius 3 is 2.62 bits per heavy atom. The van der Waals surface area contributed by atoms with Crippen molar-refractivity contribution >= 4 is 22.9 Å². The zero-order valence-electron chi connectivity index (χ0n) is 12.3. The molecule has 3 heteroatoms. The summed E-state index contributed by atoms with van der Waals surface area (Å²) in [6, 6.07) is 17.2. The van der Waals surface area contributed by atoms with Crippen LogP contribution in [0.4, 0.5) is 5.69 Å². The van der Waals surface area contributed by atoms with Gasteiger partial charge in [-0.25, -0.2) is 0 Å². The van der Waals surface area contributed by atoms with E-state index in [-0.39, 0.29) is 0 Å². The average molecular weight is 296 g/mol. The molecule has 0 saturated carbocycles. The van der Waals surface area contributed by atoms with Crippen molar-refractivity contribution in [2.45, 2.75) is 19.3 Å². The predicted molar refractivity (Wildman–Crippen MR) is 93.1 cm³/mol. The molecule has 0 bridgehead atoms. The maximum absolute atomic E-state index is 5.73. The molecule has 1 atom stereocenters. The number of nitrogens with zero attached hydrogens (tertiary/aromatic N) is 1. The molecule has 2 N–H and O–H groups in total. The van der Waals surface area contributed by atoms with Crippen LogP contribution >= 0.6 is 12.2 Å². The summed E-state index contributed by atoms with van der Waals surface area (Å²) in [6.07, 6.45) is 1.21. The van der Waals surface area contributed by atoms with Crippen molar-refractivity contribution in [3.8, 4) is 0 Å². The lowest BCUT2D eigenvalue weighted by Gasteiger charge is -2.20. The normalized spacial score (nSPS) is 18.0. The van der Waals surface area contributed by atoms with Gasteiger partial charge >= 0.3 is 0 Å². The highest BCUT2D eigenvalue weighted by molar-refractivity contribution is 7.80. The van der Waals surface area contributed by atoms with Crippen LogP contribution in [0.15, 0.2) is 48.5 Å². The van der Waals surface area contributed by atoms with Crippen molar-refractivity contribution in [1.82, 2.24) is 0 Å². The summed E-state index contributed by atoms with van der Waals surface area (Å²) in [5.74, 6) is 0.627. The summed E-state index contributed by atoms with van der Waals surface area (Å²) in [7, 11) is 0. The number of aryl methyl sites for hydroxylation is 1. The van der Waals surface area contributed by atoms with Crippen LogP contribution in [0.3, 0.4) is 0 Å². The molecule has 1 heterocycles. The molecule has 2 nitrogen and oxygen atoms in total. The molecule has 2 aromatic carbocycles. The lowest BCUT2D eigenvalue weighted by Crippen LogP contribution is -2.20. The van der Waals surface area contributed by atoms with Gasteiger partial charge in [-0.15, -0.1) is 0 Å². The fourth-order valence-corrected chi connectivity index (χ4v) is 3.34. The smallest absolute Gasteiger partial charge is 0.104 e. The van der Waals surface area contributed by atoms with Gasteiger partial charge in [-0.3, -0.25) is 0 Å². The van der Waals surface area contributed by atoms with Crippen LogP contribution in [-0.4, -0.2) is 18.1 Å². The predicted octanol–water partition coefficient (Wildman–Crippen LogP) is 3.62. The first kappa shape index (κ1) is 14.1. The van der Waals surface area contributed by atoms with E-state index in [9.17, 15) is 0 Å². The van der Waals surface area contributed by atoms with Gasteiger partial charge in [-0.05, 0) is 42.7 Å². The molecule has 0 radical (unpaired) electrons. The number of hydrogen-bond donors (Lipinski definition) is 1. The molecule has 108 valence electrons. The van der Waals surface area contributed by atoms with Crippen molar-refractivity contribution in [2.75, 3.05) is 18.0 Å². The van der Waals surface area contributed by atoms with E-state index in [0.29, 0.717) is 10.9 Å². The van der Waals surface area contributed by atoms with Crippen molar-refractivity contribution in [3.63, 3.8) is 0 Å². The van der Waals surface area contributed by atoms with Crippen LogP contribution in [-0.2, 0) is 0 Å². The van der Waals surface area contributed by atoms with Gasteiger partial charge in [0.1, 0.15) is 4.99 Å². The molecule has 0 amide bonds. The van der Waals surface area contributed by atoms with Gasteiger partial charge in [0.15, 0.2) is 0 Å². The summed E-state index contributed by atoms with van der Waals surface area (Å²) < 4.78 is 0. The molecular formula is C18H20N2S. The lowest BCUT2D eigenvalue weighted by molar-refractivity contribution is 0.775. The van der Waals surface area contributed by atoms with E-state index >= 15 is 0 Å². The Balaban J connectivity index is 1.77. The van der Waals surface area contributed by atoms with Gasteiger partial charge < -0.3 is 10.6 Å². The van der Waals surface area contributed by atoms with E-state index in [4.69, 9.17) is 18.0 Å². The average Bonchev–Trinajstić information content (AvgIpc) is 2.97. The molecule has 0 aliphatic carbocycles. The second-order valence-electron chi connectivity index (χ2n) is 5.71. The SMILES string of the molecule is Cc1cc(N2CCC(c3ccccc3)C2)ccc1C(N)=S. The van der Waals surface area contributed by atoms with Gasteiger partial charge in [-0.1, -0.05) is 42.5 Å². The molecule has 1 aliphatic rings. The van der Waals surface area contributed by atoms with Crippen molar-refractivity contribution in [1.29, 1.82) is 0 Å². The lowest BCUT2D eigenvalue weighted by atomic mass is 9.99. The number of anilines is 1. The topological polar surface area (TPSA) is 29.3 Å². The van der Waals surface area contributed by atoms with Crippen LogP contribution in [0, 0.1) is 6.92 Å². The molecule has 1 aliphatic heterocycles. The van der Waals surface area contributed by atoms with Crippen LogP contribution in [0.2, 0.25) is 0 Å². The highest BCUT2D eigenvalue weighted by atomic mass is 32.1. The second kappa shape index (κ2) is 5.86. The largest absolute Gasteiger partial charge is 0.389 e. The monoisotopic (exact) mass is 296 g/mol. The van der Waals surface area contributed by atoms with Gasteiger partial charge in [0.05, 0.1) is 0 Å². The number of thiocarbonyl (C=S) groups is 1. The standard InChI is InChI=1S/C18H20N2S/c1-13-11-16(7-8-17(13)18(19)21)20-10-9-15(12-20)14-5-3-2-4-6-14/h2-8,11,15H,9-10,12H2,1H3,(H2,19,21). The summed E-state index contributed by atoms with van der Waals surface area (Å²) in [5, 5.41) is 0. The van der Waals surface area contributed by atoms with E-state index in [1.54, 1.807) is 0 Å². The van der Waals surface area contributed by atoms with Crippen LogP contribution in [0.25, 0.3) is 0 Å². The summed E-state index contributed by atoms with van der Waals surface area (Å²) >= 11 is 5.07. The zero-order chi connectivity index (χ0) is 14.8. The molecule has 21 heavy (non-hydrogen) atoms. The van der Waals surface area contributed by atoms with Gasteiger partial charge in [0.2, 0.25) is 0 Å². The highest BCUT2D eigenvalue weighted by Crippen LogP contribution is 2.31. The van der Waals surface area contributed by atoms with E-state index in [2.05, 4.69) is 54.3 Å². The second-order valence-corrected chi connectivity index (χ2v) is 6.15. The Kier molecular flexibility index (Phi) is 3.93.